The van der Waals surface area contributed by atoms with E-state index in [-0.39, 0.29) is 12.2 Å². The second-order valence-electron chi connectivity index (χ2n) is 8.95. The fourth-order valence-electron chi connectivity index (χ4n) is 3.74. The van der Waals surface area contributed by atoms with Crippen LogP contribution in [0.25, 0.3) is 0 Å². The molecule has 0 amide bonds. The van der Waals surface area contributed by atoms with Crippen LogP contribution in [0, 0.1) is 0 Å². The molecule has 0 bridgehead atoms. The summed E-state index contributed by atoms with van der Waals surface area (Å²) in [7, 11) is 0. The highest BCUT2D eigenvalue weighted by molar-refractivity contribution is 5.73. The topological polar surface area (TPSA) is 159 Å². The number of carbonyl (C=O) groups is 3. The number of ether oxygens (including phenoxy) is 2. The number of aromatic nitrogens is 2. The van der Waals surface area contributed by atoms with Gasteiger partial charge < -0.3 is 24.8 Å². The first kappa shape index (κ1) is 39.0. The van der Waals surface area contributed by atoms with Crippen LogP contribution in [0.5, 0.6) is 0 Å². The SMILES string of the molecule is O=C(O)C(F)(F)F.O=C(O)C(F)(F)F.O=C(O)C(F)(F)F.c1cncc(CN2C[C@@H](OCc3ccncc3)[C@@H]3OCCC[C@@H]32)c1. The molecule has 4 rings (SSSR count). The molecule has 0 spiro atoms. The fraction of sp³-hybridized carbons (Fsp3) is 0.480. The molecule has 11 nitrogen and oxygen atoms in total. The predicted octanol–water partition coefficient (Wildman–Crippen LogP) is 4.33. The standard InChI is InChI=1S/C19H23N3O2.3C2HF3O2/c1-3-16(11-21-7-1)12-22-13-18(19-17(22)4-2-10-23-19)24-14-15-5-8-20-9-6-15;3*3-2(4,5)1(6)7/h1,3,5-9,11,17-19H,2,4,10,12-14H2;3*(H,6,7)/t17-,18+,19+;;;/m0.../s1. The molecular formula is C25H26F9N3O8. The minimum atomic E-state index is -5.08. The lowest BCUT2D eigenvalue weighted by Gasteiger charge is -2.32. The number of fused-ring (bicyclic) bond motifs is 1. The van der Waals surface area contributed by atoms with Crippen molar-refractivity contribution < 1.29 is 78.7 Å². The van der Waals surface area contributed by atoms with Gasteiger partial charge in [0.1, 0.15) is 6.10 Å². The molecule has 45 heavy (non-hydrogen) atoms. The van der Waals surface area contributed by atoms with Gasteiger partial charge in [-0.05, 0) is 42.2 Å². The van der Waals surface area contributed by atoms with Gasteiger partial charge in [0.2, 0.25) is 0 Å². The Bertz CT molecular complexity index is 1140. The lowest BCUT2D eigenvalue weighted by molar-refractivity contribution is -0.193. The summed E-state index contributed by atoms with van der Waals surface area (Å²) >= 11 is 0. The summed E-state index contributed by atoms with van der Waals surface area (Å²) in [6, 6.07) is 8.58. The maximum atomic E-state index is 10.6. The zero-order chi connectivity index (χ0) is 34.4. The molecule has 0 unspecified atom stereocenters. The highest BCUT2D eigenvalue weighted by Crippen LogP contribution is 2.32. The molecule has 3 N–H and O–H groups in total. The van der Waals surface area contributed by atoms with Gasteiger partial charge in [0.25, 0.3) is 0 Å². The van der Waals surface area contributed by atoms with Crippen LogP contribution in [-0.4, -0.2) is 98.0 Å². The van der Waals surface area contributed by atoms with E-state index in [0.717, 1.165) is 31.7 Å². The van der Waals surface area contributed by atoms with Gasteiger partial charge in [-0.25, -0.2) is 14.4 Å². The summed E-state index contributed by atoms with van der Waals surface area (Å²) in [5, 5.41) is 21.4. The van der Waals surface area contributed by atoms with Crippen molar-refractivity contribution >= 4 is 17.9 Å². The summed E-state index contributed by atoms with van der Waals surface area (Å²) in [6.07, 6.45) is -5.26. The number of halogens is 9. The van der Waals surface area contributed by atoms with E-state index in [2.05, 4.69) is 20.9 Å². The van der Waals surface area contributed by atoms with Crippen molar-refractivity contribution in [3.05, 3.63) is 60.2 Å². The minimum absolute atomic E-state index is 0.125. The summed E-state index contributed by atoms with van der Waals surface area (Å²) in [4.78, 5) is 37.5. The Hall–Kier alpha value is -4.04. The van der Waals surface area contributed by atoms with Crippen LogP contribution in [0.2, 0.25) is 0 Å². The average Bonchev–Trinajstić information content (AvgIpc) is 3.29. The molecule has 0 radical (unpaired) electrons. The van der Waals surface area contributed by atoms with E-state index in [1.165, 1.54) is 12.0 Å². The molecule has 2 aromatic rings. The van der Waals surface area contributed by atoms with Crippen LogP contribution in [-0.2, 0) is 37.0 Å². The zero-order valence-electron chi connectivity index (χ0n) is 22.7. The van der Waals surface area contributed by atoms with Gasteiger partial charge in [-0.3, -0.25) is 14.9 Å². The molecule has 0 saturated carbocycles. The van der Waals surface area contributed by atoms with E-state index < -0.39 is 36.4 Å². The van der Waals surface area contributed by atoms with E-state index in [4.69, 9.17) is 39.2 Å². The second kappa shape index (κ2) is 17.4. The number of carboxylic acids is 3. The van der Waals surface area contributed by atoms with Gasteiger partial charge in [0, 0.05) is 50.5 Å². The third-order valence-electron chi connectivity index (χ3n) is 5.63. The third kappa shape index (κ3) is 15.0. The van der Waals surface area contributed by atoms with Gasteiger partial charge in [0.15, 0.2) is 0 Å². The molecule has 3 atom stereocenters. The lowest BCUT2D eigenvalue weighted by Crippen LogP contribution is -2.41. The molecule has 2 aliphatic heterocycles. The maximum Gasteiger partial charge on any atom is 0.490 e. The Morgan fingerprint density at radius 2 is 1.33 bits per heavy atom. The van der Waals surface area contributed by atoms with Crippen LogP contribution in [0.3, 0.4) is 0 Å². The molecule has 252 valence electrons. The molecule has 2 aliphatic rings. The van der Waals surface area contributed by atoms with E-state index in [1.807, 2.05) is 43.0 Å². The summed E-state index contributed by atoms with van der Waals surface area (Å²) < 4.78 is 108. The van der Waals surface area contributed by atoms with Gasteiger partial charge in [-0.1, -0.05) is 6.07 Å². The predicted molar refractivity (Wildman–Crippen MR) is 131 cm³/mol. The number of aliphatic carboxylic acids is 3. The number of rotatable bonds is 5. The number of nitrogens with zero attached hydrogens (tertiary/aromatic N) is 3. The number of carboxylic acid groups (broad SMARTS) is 3. The highest BCUT2D eigenvalue weighted by atomic mass is 19.4. The molecule has 20 heteroatoms. The van der Waals surface area contributed by atoms with E-state index >= 15 is 0 Å². The van der Waals surface area contributed by atoms with Crippen LogP contribution in [0.15, 0.2) is 49.1 Å². The van der Waals surface area contributed by atoms with E-state index in [9.17, 15) is 39.5 Å². The van der Waals surface area contributed by atoms with E-state index in [1.54, 1.807) is 0 Å². The Kier molecular flexibility index (Phi) is 15.1. The molecule has 0 aromatic carbocycles. The minimum Gasteiger partial charge on any atom is -0.475 e. The van der Waals surface area contributed by atoms with Crippen molar-refractivity contribution in [1.82, 2.24) is 14.9 Å². The monoisotopic (exact) mass is 667 g/mol. The largest absolute Gasteiger partial charge is 0.490 e. The van der Waals surface area contributed by atoms with Crippen molar-refractivity contribution in [2.45, 2.75) is 62.8 Å². The molecule has 4 heterocycles. The number of pyridine rings is 2. The highest BCUT2D eigenvalue weighted by Gasteiger charge is 2.44. The number of likely N-dealkylation sites (tertiary alicyclic amines) is 1. The fourth-order valence-corrected chi connectivity index (χ4v) is 3.74. The van der Waals surface area contributed by atoms with E-state index in [0.29, 0.717) is 12.6 Å². The quantitative estimate of drug-likeness (QED) is 0.390. The van der Waals surface area contributed by atoms with Crippen molar-refractivity contribution in [1.29, 1.82) is 0 Å². The van der Waals surface area contributed by atoms with Crippen LogP contribution in [0.4, 0.5) is 39.5 Å². The Labute approximate surface area is 248 Å². The first-order valence-electron chi connectivity index (χ1n) is 12.4. The molecule has 2 saturated heterocycles. The normalized spacial score (nSPS) is 19.7. The summed E-state index contributed by atoms with van der Waals surface area (Å²) in [5.74, 6) is -8.27. The second-order valence-corrected chi connectivity index (χ2v) is 8.95. The third-order valence-corrected chi connectivity index (χ3v) is 5.63. The molecule has 0 aliphatic carbocycles. The van der Waals surface area contributed by atoms with Crippen molar-refractivity contribution in [2.75, 3.05) is 13.2 Å². The van der Waals surface area contributed by atoms with Gasteiger partial charge >= 0.3 is 36.4 Å². The first-order chi connectivity index (χ1) is 20.7. The Morgan fingerprint density at radius 3 is 1.78 bits per heavy atom. The Morgan fingerprint density at radius 1 is 0.822 bits per heavy atom. The Balaban J connectivity index is 0.000000396. The molecule has 2 fully saturated rings. The number of hydrogen-bond acceptors (Lipinski definition) is 8. The molecule has 2 aromatic heterocycles. The van der Waals surface area contributed by atoms with Crippen molar-refractivity contribution in [2.24, 2.45) is 0 Å². The van der Waals surface area contributed by atoms with Crippen molar-refractivity contribution in [3.8, 4) is 0 Å². The summed E-state index contributed by atoms with van der Waals surface area (Å²) in [6.45, 7) is 3.28. The number of alkyl halides is 9. The first-order valence-corrected chi connectivity index (χ1v) is 12.4. The lowest BCUT2D eigenvalue weighted by atomic mass is 10.0. The van der Waals surface area contributed by atoms with Crippen LogP contribution >= 0.6 is 0 Å². The average molecular weight is 667 g/mol. The summed E-state index contributed by atoms with van der Waals surface area (Å²) in [5.41, 5.74) is 2.40. The van der Waals surface area contributed by atoms with Gasteiger partial charge in [-0.15, -0.1) is 0 Å². The molecular weight excluding hydrogens is 641 g/mol. The van der Waals surface area contributed by atoms with Gasteiger partial charge in [-0.2, -0.15) is 39.5 Å². The number of hydrogen-bond donors (Lipinski definition) is 3. The van der Waals surface area contributed by atoms with Crippen molar-refractivity contribution in [3.63, 3.8) is 0 Å². The zero-order valence-corrected chi connectivity index (χ0v) is 22.7. The van der Waals surface area contributed by atoms with Gasteiger partial charge in [0.05, 0.1) is 12.7 Å². The smallest absolute Gasteiger partial charge is 0.475 e. The van der Waals surface area contributed by atoms with Crippen LogP contribution < -0.4 is 0 Å². The maximum absolute atomic E-state index is 10.6. The van der Waals surface area contributed by atoms with Crippen LogP contribution in [0.1, 0.15) is 24.0 Å².